The van der Waals surface area contributed by atoms with Crippen molar-refractivity contribution in [2.75, 3.05) is 6.61 Å². The van der Waals surface area contributed by atoms with E-state index in [-0.39, 0.29) is 12.5 Å². The molecule has 2 aromatic heterocycles. The number of carbonyl (C=O) groups is 1. The van der Waals surface area contributed by atoms with Gasteiger partial charge in [0.05, 0.1) is 10.6 Å². The molecule has 1 aromatic carbocycles. The summed E-state index contributed by atoms with van der Waals surface area (Å²) in [7, 11) is 0. The summed E-state index contributed by atoms with van der Waals surface area (Å²) in [6, 6.07) is 15.2. The van der Waals surface area contributed by atoms with E-state index < -0.39 is 6.10 Å². The second-order valence-corrected chi connectivity index (χ2v) is 6.56. The zero-order valence-corrected chi connectivity index (χ0v) is 14.2. The lowest BCUT2D eigenvalue weighted by Crippen LogP contribution is -2.43. The average Bonchev–Trinajstić information content (AvgIpc) is 3.21. The van der Waals surface area contributed by atoms with E-state index in [0.717, 1.165) is 16.1 Å². The van der Waals surface area contributed by atoms with Crippen molar-refractivity contribution in [1.29, 1.82) is 0 Å². The van der Waals surface area contributed by atoms with Crippen molar-refractivity contribution in [3.8, 4) is 22.1 Å². The average molecular weight is 352 g/mol. The van der Waals surface area contributed by atoms with Gasteiger partial charge >= 0.3 is 0 Å². The summed E-state index contributed by atoms with van der Waals surface area (Å²) in [5.74, 6) is 1.07. The molecule has 6 heteroatoms. The molecule has 3 heterocycles. The Kier molecular flexibility index (Phi) is 4.35. The molecule has 0 spiro atoms. The smallest absolute Gasteiger partial charge is 0.264 e. The molecule has 1 N–H and O–H groups in total. The highest BCUT2D eigenvalue weighted by Crippen LogP contribution is 2.30. The zero-order valence-electron chi connectivity index (χ0n) is 13.3. The Bertz CT molecular complexity index is 880. The predicted octanol–water partition coefficient (Wildman–Crippen LogP) is 3.27. The summed E-state index contributed by atoms with van der Waals surface area (Å²) in [5.41, 5.74) is 1.90. The van der Waals surface area contributed by atoms with Crippen molar-refractivity contribution >= 4 is 17.2 Å². The molecule has 3 aromatic rings. The highest BCUT2D eigenvalue weighted by Gasteiger charge is 2.26. The maximum atomic E-state index is 12.4. The van der Waals surface area contributed by atoms with E-state index in [9.17, 15) is 4.79 Å². The van der Waals surface area contributed by atoms with E-state index in [1.54, 1.807) is 23.6 Å². The van der Waals surface area contributed by atoms with Crippen LogP contribution in [0.1, 0.15) is 5.56 Å². The van der Waals surface area contributed by atoms with Gasteiger partial charge in [-0.1, -0.05) is 18.2 Å². The van der Waals surface area contributed by atoms with Gasteiger partial charge in [-0.15, -0.1) is 11.3 Å². The van der Waals surface area contributed by atoms with Crippen LogP contribution in [0.15, 0.2) is 60.1 Å². The molecule has 0 radical (unpaired) electrons. The topological polar surface area (TPSA) is 60.5 Å². The molecule has 0 saturated heterocycles. The first kappa shape index (κ1) is 15.7. The predicted molar refractivity (Wildman–Crippen MR) is 95.7 cm³/mol. The minimum Gasteiger partial charge on any atom is -0.485 e. The lowest BCUT2D eigenvalue weighted by molar-refractivity contribution is -0.130. The van der Waals surface area contributed by atoms with Gasteiger partial charge in [0.15, 0.2) is 11.5 Å². The van der Waals surface area contributed by atoms with E-state index >= 15 is 0 Å². The van der Waals surface area contributed by atoms with Crippen LogP contribution in [0.2, 0.25) is 0 Å². The third-order valence-corrected chi connectivity index (χ3v) is 4.76. The van der Waals surface area contributed by atoms with Gasteiger partial charge in [0.2, 0.25) is 6.10 Å². The first-order chi connectivity index (χ1) is 12.3. The van der Waals surface area contributed by atoms with Gasteiger partial charge < -0.3 is 14.8 Å². The number of ether oxygens (including phenoxy) is 2. The highest BCUT2D eigenvalue weighted by molar-refractivity contribution is 7.13. The largest absolute Gasteiger partial charge is 0.485 e. The van der Waals surface area contributed by atoms with Crippen LogP contribution in [0.3, 0.4) is 0 Å². The molecular weight excluding hydrogens is 336 g/mol. The van der Waals surface area contributed by atoms with Crippen molar-refractivity contribution in [2.45, 2.75) is 12.6 Å². The Balaban J connectivity index is 1.39. The van der Waals surface area contributed by atoms with Gasteiger partial charge in [-0.25, -0.2) is 0 Å². The van der Waals surface area contributed by atoms with Gasteiger partial charge in [-0.05, 0) is 41.3 Å². The first-order valence-electron chi connectivity index (χ1n) is 7.94. The number of amides is 1. The molecule has 0 unspecified atom stereocenters. The number of para-hydroxylation sites is 2. The van der Waals surface area contributed by atoms with Gasteiger partial charge in [0.25, 0.3) is 5.91 Å². The number of rotatable bonds is 4. The van der Waals surface area contributed by atoms with Crippen LogP contribution in [0, 0.1) is 0 Å². The lowest BCUT2D eigenvalue weighted by Gasteiger charge is -2.25. The molecule has 1 aliphatic rings. The van der Waals surface area contributed by atoms with E-state index in [0.29, 0.717) is 18.0 Å². The molecule has 0 fully saturated rings. The van der Waals surface area contributed by atoms with Crippen molar-refractivity contribution in [1.82, 2.24) is 10.3 Å². The number of aromatic nitrogens is 1. The van der Waals surface area contributed by atoms with Crippen molar-refractivity contribution in [3.63, 3.8) is 0 Å². The fourth-order valence-electron chi connectivity index (χ4n) is 2.60. The summed E-state index contributed by atoms with van der Waals surface area (Å²) in [6.07, 6.45) is 1.11. The van der Waals surface area contributed by atoms with Crippen LogP contribution in [0.4, 0.5) is 0 Å². The standard InChI is InChI=1S/C19H16N2O3S/c22-19(17-12-23-15-4-1-2-5-16(15)24-17)21-11-13-7-8-20-14(10-13)18-6-3-9-25-18/h1-10,17H,11-12H2,(H,21,22)/t17-/m0/s1. The van der Waals surface area contributed by atoms with E-state index in [4.69, 9.17) is 9.47 Å². The fourth-order valence-corrected chi connectivity index (χ4v) is 3.29. The Hall–Kier alpha value is -2.86. The molecule has 4 rings (SSSR count). The normalized spacial score (nSPS) is 15.6. The quantitative estimate of drug-likeness (QED) is 0.783. The lowest BCUT2D eigenvalue weighted by atomic mass is 10.2. The number of hydrogen-bond acceptors (Lipinski definition) is 5. The SMILES string of the molecule is O=C(NCc1ccnc(-c2cccs2)c1)[C@@H]1COc2ccccc2O1. The van der Waals surface area contributed by atoms with Crippen LogP contribution >= 0.6 is 11.3 Å². The van der Waals surface area contributed by atoms with E-state index in [1.807, 2.05) is 47.8 Å². The van der Waals surface area contributed by atoms with E-state index in [2.05, 4.69) is 10.3 Å². The number of hydrogen-bond donors (Lipinski definition) is 1. The molecule has 0 saturated carbocycles. The summed E-state index contributed by atoms with van der Waals surface area (Å²) in [4.78, 5) is 17.8. The third-order valence-electron chi connectivity index (χ3n) is 3.87. The number of nitrogens with one attached hydrogen (secondary N) is 1. The second kappa shape index (κ2) is 6.94. The third kappa shape index (κ3) is 3.49. The molecular formula is C19H16N2O3S. The van der Waals surface area contributed by atoms with Crippen LogP contribution in [0.5, 0.6) is 11.5 Å². The monoisotopic (exact) mass is 352 g/mol. The number of nitrogens with zero attached hydrogens (tertiary/aromatic N) is 1. The number of carbonyl (C=O) groups excluding carboxylic acids is 1. The Morgan fingerprint density at radius 2 is 2.08 bits per heavy atom. The second-order valence-electron chi connectivity index (χ2n) is 5.61. The number of fused-ring (bicyclic) bond motifs is 1. The molecule has 1 aliphatic heterocycles. The minimum atomic E-state index is -0.645. The number of benzene rings is 1. The van der Waals surface area contributed by atoms with Gasteiger partial charge in [0, 0.05) is 12.7 Å². The maximum absolute atomic E-state index is 12.4. The summed E-state index contributed by atoms with van der Waals surface area (Å²) >= 11 is 1.64. The van der Waals surface area contributed by atoms with Gasteiger partial charge in [-0.2, -0.15) is 0 Å². The molecule has 1 amide bonds. The molecule has 126 valence electrons. The summed E-state index contributed by atoms with van der Waals surface area (Å²) in [5, 5.41) is 4.92. The van der Waals surface area contributed by atoms with Crippen molar-refractivity contribution in [3.05, 3.63) is 65.7 Å². The fraction of sp³-hybridized carbons (Fsp3) is 0.158. The summed E-state index contributed by atoms with van der Waals surface area (Å²) in [6.45, 7) is 0.626. The first-order valence-corrected chi connectivity index (χ1v) is 8.82. The molecule has 1 atom stereocenters. The molecule has 25 heavy (non-hydrogen) atoms. The van der Waals surface area contributed by atoms with Crippen LogP contribution in [0.25, 0.3) is 10.6 Å². The van der Waals surface area contributed by atoms with Crippen LogP contribution in [-0.4, -0.2) is 23.6 Å². The Morgan fingerprint density at radius 1 is 1.20 bits per heavy atom. The minimum absolute atomic E-state index is 0.191. The number of pyridine rings is 1. The van der Waals surface area contributed by atoms with Crippen LogP contribution in [-0.2, 0) is 11.3 Å². The van der Waals surface area contributed by atoms with Crippen LogP contribution < -0.4 is 14.8 Å². The summed E-state index contributed by atoms with van der Waals surface area (Å²) < 4.78 is 11.3. The Morgan fingerprint density at radius 3 is 2.92 bits per heavy atom. The Labute approximate surface area is 149 Å². The zero-order chi connectivity index (χ0) is 17.1. The van der Waals surface area contributed by atoms with Gasteiger partial charge in [0.1, 0.15) is 6.61 Å². The molecule has 0 bridgehead atoms. The van der Waals surface area contributed by atoms with Crippen molar-refractivity contribution < 1.29 is 14.3 Å². The van der Waals surface area contributed by atoms with Crippen molar-refractivity contribution in [2.24, 2.45) is 0 Å². The maximum Gasteiger partial charge on any atom is 0.264 e. The number of thiophene rings is 1. The molecule has 5 nitrogen and oxygen atoms in total. The van der Waals surface area contributed by atoms with E-state index in [1.165, 1.54) is 0 Å². The van der Waals surface area contributed by atoms with Gasteiger partial charge in [-0.3, -0.25) is 9.78 Å². The molecule has 0 aliphatic carbocycles. The highest BCUT2D eigenvalue weighted by atomic mass is 32.1.